The van der Waals surface area contributed by atoms with Crippen LogP contribution in [0, 0.1) is 0 Å². The first-order chi connectivity index (χ1) is 8.81. The molecule has 0 aliphatic rings. The molecule has 106 valence electrons. The number of hydrogen-bond donors (Lipinski definition) is 1. The number of aromatic nitrogens is 3. The summed E-state index contributed by atoms with van der Waals surface area (Å²) in [4.78, 5) is 22.4. The number of halogens is 3. The highest BCUT2D eigenvalue weighted by Crippen LogP contribution is 2.31. The summed E-state index contributed by atoms with van der Waals surface area (Å²) in [5.74, 6) is -1.94. The van der Waals surface area contributed by atoms with E-state index in [1.165, 1.54) is 14.0 Å². The molecule has 0 saturated carbocycles. The van der Waals surface area contributed by atoms with Gasteiger partial charge in [-0.25, -0.2) is 9.48 Å². The lowest BCUT2D eigenvalue weighted by Gasteiger charge is -2.10. The van der Waals surface area contributed by atoms with Gasteiger partial charge in [0.05, 0.1) is 6.61 Å². The fraction of sp³-hybridized carbons (Fsp3) is 0.556. The predicted molar refractivity (Wildman–Crippen MR) is 55.0 cm³/mol. The molecule has 1 rings (SSSR count). The monoisotopic (exact) mass is 280 g/mol. The van der Waals surface area contributed by atoms with E-state index in [1.807, 2.05) is 0 Å². The van der Waals surface area contributed by atoms with Crippen LogP contribution in [-0.4, -0.2) is 40.5 Å². The molecule has 0 bridgehead atoms. The van der Waals surface area contributed by atoms with Crippen molar-refractivity contribution in [3.63, 3.8) is 0 Å². The van der Waals surface area contributed by atoms with Crippen molar-refractivity contribution in [2.24, 2.45) is 0 Å². The predicted octanol–water partition coefficient (Wildman–Crippen LogP) is 0.220. The second-order valence-electron chi connectivity index (χ2n) is 3.34. The van der Waals surface area contributed by atoms with E-state index in [2.05, 4.69) is 20.4 Å². The number of carbonyl (C=O) groups is 2. The summed E-state index contributed by atoms with van der Waals surface area (Å²) < 4.78 is 43.3. The average Bonchev–Trinajstić information content (AvgIpc) is 2.72. The number of alkyl halides is 3. The molecule has 1 heterocycles. The lowest BCUT2D eigenvalue weighted by atomic mass is 10.3. The number of likely N-dealkylation sites (N-methyl/N-ethyl adjacent to an activating group) is 1. The molecule has 1 amide bonds. The van der Waals surface area contributed by atoms with E-state index in [1.54, 1.807) is 0 Å². The molecule has 0 aliphatic carbocycles. The first-order valence-corrected chi connectivity index (χ1v) is 5.19. The van der Waals surface area contributed by atoms with Crippen LogP contribution in [0.15, 0.2) is 0 Å². The van der Waals surface area contributed by atoms with Gasteiger partial charge in [0.1, 0.15) is 6.54 Å². The van der Waals surface area contributed by atoms with Crippen LogP contribution in [0.2, 0.25) is 0 Å². The summed E-state index contributed by atoms with van der Waals surface area (Å²) in [5, 5.41) is 8.43. The van der Waals surface area contributed by atoms with Gasteiger partial charge in [0.15, 0.2) is 5.69 Å². The quantitative estimate of drug-likeness (QED) is 0.797. The number of carbonyl (C=O) groups excluding carboxylic acids is 2. The summed E-state index contributed by atoms with van der Waals surface area (Å²) in [7, 11) is 1.26. The zero-order chi connectivity index (χ0) is 14.6. The fourth-order valence-electron chi connectivity index (χ4n) is 1.26. The van der Waals surface area contributed by atoms with Crippen molar-refractivity contribution in [2.75, 3.05) is 13.7 Å². The van der Waals surface area contributed by atoms with Crippen molar-refractivity contribution >= 4 is 11.9 Å². The van der Waals surface area contributed by atoms with Crippen LogP contribution in [0.5, 0.6) is 0 Å². The Morgan fingerprint density at radius 3 is 2.53 bits per heavy atom. The number of nitrogens with one attached hydrogen (secondary N) is 1. The summed E-state index contributed by atoms with van der Waals surface area (Å²) in [6.07, 6.45) is -4.88. The van der Waals surface area contributed by atoms with E-state index in [9.17, 15) is 22.8 Å². The lowest BCUT2D eigenvalue weighted by Crippen LogP contribution is -2.27. The molecule has 1 aromatic heterocycles. The van der Waals surface area contributed by atoms with Crippen LogP contribution in [0.25, 0.3) is 0 Å². The van der Waals surface area contributed by atoms with Gasteiger partial charge in [-0.3, -0.25) is 4.79 Å². The number of amides is 1. The molecule has 1 N–H and O–H groups in total. The molecule has 0 radical (unpaired) electrons. The van der Waals surface area contributed by atoms with Crippen LogP contribution in [0.4, 0.5) is 13.2 Å². The van der Waals surface area contributed by atoms with E-state index in [0.717, 1.165) is 0 Å². The summed E-state index contributed by atoms with van der Waals surface area (Å²) >= 11 is 0. The minimum Gasteiger partial charge on any atom is -0.461 e. The first kappa shape index (κ1) is 14.9. The molecule has 0 saturated heterocycles. The minimum absolute atomic E-state index is 0.0988. The molecule has 0 aliphatic heterocycles. The molecule has 19 heavy (non-hydrogen) atoms. The molecular weight excluding hydrogens is 269 g/mol. The zero-order valence-corrected chi connectivity index (χ0v) is 10.1. The van der Waals surface area contributed by atoms with Gasteiger partial charge < -0.3 is 10.1 Å². The third-order valence-electron chi connectivity index (χ3n) is 2.04. The normalized spacial score (nSPS) is 11.2. The molecule has 0 atom stereocenters. The second kappa shape index (κ2) is 5.67. The Morgan fingerprint density at radius 1 is 1.42 bits per heavy atom. The maximum Gasteiger partial charge on any atom is 0.435 e. The molecule has 0 unspecified atom stereocenters. The molecule has 1 aromatic rings. The van der Waals surface area contributed by atoms with Crippen LogP contribution < -0.4 is 5.32 Å². The molecular formula is C9H11F3N4O3. The van der Waals surface area contributed by atoms with E-state index < -0.39 is 36.0 Å². The van der Waals surface area contributed by atoms with Gasteiger partial charge in [0.25, 0.3) is 0 Å². The number of nitrogens with zero attached hydrogens (tertiary/aromatic N) is 3. The SMILES string of the molecule is CCOC(=O)c1nnn(CC(=O)NC)c1C(F)(F)F. The topological polar surface area (TPSA) is 86.1 Å². The van der Waals surface area contributed by atoms with Gasteiger partial charge in [-0.2, -0.15) is 13.2 Å². The summed E-state index contributed by atoms with van der Waals surface area (Å²) in [5.41, 5.74) is -2.37. The summed E-state index contributed by atoms with van der Waals surface area (Å²) in [6, 6.07) is 0. The van der Waals surface area contributed by atoms with E-state index in [0.29, 0.717) is 4.68 Å². The Kier molecular flexibility index (Phi) is 4.46. The van der Waals surface area contributed by atoms with Crippen molar-refractivity contribution < 1.29 is 27.5 Å². The van der Waals surface area contributed by atoms with E-state index >= 15 is 0 Å². The average molecular weight is 280 g/mol. The number of hydrogen-bond acceptors (Lipinski definition) is 5. The molecule has 0 fully saturated rings. The first-order valence-electron chi connectivity index (χ1n) is 5.19. The number of ether oxygens (including phenoxy) is 1. The highest BCUT2D eigenvalue weighted by Gasteiger charge is 2.42. The van der Waals surface area contributed by atoms with Gasteiger partial charge in [-0.1, -0.05) is 5.21 Å². The van der Waals surface area contributed by atoms with Crippen LogP contribution in [0.3, 0.4) is 0 Å². The number of esters is 1. The largest absolute Gasteiger partial charge is 0.461 e. The zero-order valence-electron chi connectivity index (χ0n) is 10.1. The van der Waals surface area contributed by atoms with Crippen LogP contribution in [-0.2, 0) is 22.3 Å². The Morgan fingerprint density at radius 2 is 2.05 bits per heavy atom. The number of rotatable bonds is 4. The Hall–Kier alpha value is -2.13. The van der Waals surface area contributed by atoms with Crippen molar-refractivity contribution in [3.8, 4) is 0 Å². The maximum atomic E-state index is 12.9. The molecule has 0 aromatic carbocycles. The van der Waals surface area contributed by atoms with Gasteiger partial charge in [-0.15, -0.1) is 5.10 Å². The van der Waals surface area contributed by atoms with Crippen molar-refractivity contribution in [1.29, 1.82) is 0 Å². The maximum absolute atomic E-state index is 12.9. The second-order valence-corrected chi connectivity index (χ2v) is 3.34. The molecule has 7 nitrogen and oxygen atoms in total. The molecule has 10 heteroatoms. The highest BCUT2D eigenvalue weighted by molar-refractivity contribution is 5.88. The molecule has 0 spiro atoms. The third kappa shape index (κ3) is 3.42. The van der Waals surface area contributed by atoms with Crippen LogP contribution in [0.1, 0.15) is 23.1 Å². The minimum atomic E-state index is -4.88. The van der Waals surface area contributed by atoms with E-state index in [-0.39, 0.29) is 6.61 Å². The Labute approximate surface area is 105 Å². The standard InChI is InChI=1S/C9H11F3N4O3/c1-3-19-8(18)6-7(9(10,11)12)16(15-14-6)4-5(17)13-2/h3-4H2,1-2H3,(H,13,17). The smallest absolute Gasteiger partial charge is 0.435 e. The Bertz CT molecular complexity index is 484. The van der Waals surface area contributed by atoms with Gasteiger partial charge in [0, 0.05) is 7.05 Å². The summed E-state index contributed by atoms with van der Waals surface area (Å²) in [6.45, 7) is 0.649. The lowest BCUT2D eigenvalue weighted by molar-refractivity contribution is -0.145. The van der Waals surface area contributed by atoms with Gasteiger partial charge >= 0.3 is 12.1 Å². The Balaban J connectivity index is 3.20. The van der Waals surface area contributed by atoms with Gasteiger partial charge in [0.2, 0.25) is 11.6 Å². The van der Waals surface area contributed by atoms with Crippen molar-refractivity contribution in [3.05, 3.63) is 11.4 Å². The highest BCUT2D eigenvalue weighted by atomic mass is 19.4. The van der Waals surface area contributed by atoms with Gasteiger partial charge in [-0.05, 0) is 6.92 Å². The fourth-order valence-corrected chi connectivity index (χ4v) is 1.26. The third-order valence-corrected chi connectivity index (χ3v) is 2.04. The van der Waals surface area contributed by atoms with Crippen molar-refractivity contribution in [2.45, 2.75) is 19.6 Å². The van der Waals surface area contributed by atoms with Crippen molar-refractivity contribution in [1.82, 2.24) is 20.3 Å². The van der Waals surface area contributed by atoms with Crippen LogP contribution >= 0.6 is 0 Å². The van der Waals surface area contributed by atoms with E-state index in [4.69, 9.17) is 0 Å².